The summed E-state index contributed by atoms with van der Waals surface area (Å²) in [7, 11) is -1.87. The number of ether oxygens (including phenoxy) is 1. The number of sulfone groups is 1. The number of hydrogen-bond donors (Lipinski definition) is 0. The van der Waals surface area contributed by atoms with Gasteiger partial charge >= 0.3 is 0 Å². The molecule has 0 bridgehead atoms. The van der Waals surface area contributed by atoms with Crippen molar-refractivity contribution in [1.82, 2.24) is 0 Å². The summed E-state index contributed by atoms with van der Waals surface area (Å²) in [6.45, 7) is 0. The van der Waals surface area contributed by atoms with Gasteiger partial charge in [-0.2, -0.15) is 0 Å². The predicted octanol–water partition coefficient (Wildman–Crippen LogP) is 4.60. The molecule has 0 aromatic heterocycles. The lowest BCUT2D eigenvalue weighted by atomic mass is 9.98. The molecule has 3 rings (SSSR count). The lowest BCUT2D eigenvalue weighted by Crippen LogP contribution is -2.05. The van der Waals surface area contributed by atoms with Gasteiger partial charge < -0.3 is 4.74 Å². The van der Waals surface area contributed by atoms with E-state index in [4.69, 9.17) is 4.74 Å². The predicted molar refractivity (Wildman–Crippen MR) is 105 cm³/mol. The standard InChI is InChI=1S/C22H20O3S/c1-25-20-12-14-21(15-13-20)26(23,24)17-16-22(18-8-4-2-5-9-18)19-10-6-3-7-11-19/h2-16H,17H2,1H3. The molecule has 0 unspecified atom stereocenters. The fraction of sp³-hybridized carbons (Fsp3) is 0.0909. The molecule has 0 aliphatic rings. The fourth-order valence-corrected chi connectivity index (χ4v) is 3.84. The zero-order valence-electron chi connectivity index (χ0n) is 14.5. The van der Waals surface area contributed by atoms with Gasteiger partial charge in [0.15, 0.2) is 9.84 Å². The third-order valence-corrected chi connectivity index (χ3v) is 5.69. The van der Waals surface area contributed by atoms with Crippen LogP contribution in [0.4, 0.5) is 0 Å². The van der Waals surface area contributed by atoms with Gasteiger partial charge in [-0.05, 0) is 41.0 Å². The Bertz CT molecular complexity index is 933. The van der Waals surface area contributed by atoms with Crippen LogP contribution in [0.15, 0.2) is 95.9 Å². The maximum atomic E-state index is 12.7. The Labute approximate surface area is 154 Å². The van der Waals surface area contributed by atoms with Crippen LogP contribution in [0.5, 0.6) is 5.75 Å². The van der Waals surface area contributed by atoms with Gasteiger partial charge in [0.2, 0.25) is 0 Å². The molecule has 4 heteroatoms. The van der Waals surface area contributed by atoms with E-state index >= 15 is 0 Å². The summed E-state index contributed by atoms with van der Waals surface area (Å²) in [4.78, 5) is 0.287. The summed E-state index contributed by atoms with van der Waals surface area (Å²) < 4.78 is 30.5. The molecule has 0 aliphatic heterocycles. The molecular formula is C22H20O3S. The van der Waals surface area contributed by atoms with Crippen molar-refractivity contribution in [3.05, 3.63) is 102 Å². The van der Waals surface area contributed by atoms with Gasteiger partial charge in [0.25, 0.3) is 0 Å². The first-order valence-electron chi connectivity index (χ1n) is 8.28. The molecule has 0 atom stereocenters. The molecule has 132 valence electrons. The zero-order chi connectivity index (χ0) is 18.4. The van der Waals surface area contributed by atoms with E-state index in [9.17, 15) is 8.42 Å². The molecule has 0 amide bonds. The molecular weight excluding hydrogens is 344 g/mol. The molecule has 26 heavy (non-hydrogen) atoms. The Balaban J connectivity index is 1.95. The molecule has 0 saturated heterocycles. The molecule has 0 heterocycles. The highest BCUT2D eigenvalue weighted by Gasteiger charge is 2.14. The first kappa shape index (κ1) is 18.0. The summed E-state index contributed by atoms with van der Waals surface area (Å²) in [6.07, 6.45) is 1.78. The first-order chi connectivity index (χ1) is 12.6. The second-order valence-corrected chi connectivity index (χ2v) is 7.84. The molecule has 0 N–H and O–H groups in total. The van der Waals surface area contributed by atoms with Gasteiger partial charge in [-0.1, -0.05) is 66.7 Å². The molecule has 0 fully saturated rings. The third-order valence-electron chi connectivity index (χ3n) is 4.10. The van der Waals surface area contributed by atoms with Crippen molar-refractivity contribution < 1.29 is 13.2 Å². The van der Waals surface area contributed by atoms with Crippen molar-refractivity contribution in [3.63, 3.8) is 0 Å². The van der Waals surface area contributed by atoms with E-state index in [0.29, 0.717) is 5.75 Å². The average Bonchev–Trinajstić information content (AvgIpc) is 2.70. The fourth-order valence-electron chi connectivity index (χ4n) is 2.71. The van der Waals surface area contributed by atoms with E-state index in [1.54, 1.807) is 37.5 Å². The maximum Gasteiger partial charge on any atom is 0.181 e. The molecule has 3 aromatic carbocycles. The topological polar surface area (TPSA) is 43.4 Å². The van der Waals surface area contributed by atoms with E-state index in [-0.39, 0.29) is 10.6 Å². The van der Waals surface area contributed by atoms with Crippen LogP contribution in [0.25, 0.3) is 5.57 Å². The lowest BCUT2D eigenvalue weighted by Gasteiger charge is -2.09. The minimum absolute atomic E-state index is 0.0710. The Kier molecular flexibility index (Phi) is 5.54. The van der Waals surface area contributed by atoms with E-state index < -0.39 is 9.84 Å². The highest BCUT2D eigenvalue weighted by molar-refractivity contribution is 7.91. The molecule has 3 aromatic rings. The van der Waals surface area contributed by atoms with Crippen LogP contribution in [0.1, 0.15) is 11.1 Å². The Morgan fingerprint density at radius 3 is 1.77 bits per heavy atom. The zero-order valence-corrected chi connectivity index (χ0v) is 15.3. The lowest BCUT2D eigenvalue weighted by molar-refractivity contribution is 0.414. The van der Waals surface area contributed by atoms with Crippen LogP contribution in [0.2, 0.25) is 0 Å². The Hall–Kier alpha value is -2.85. The van der Waals surface area contributed by atoms with Crippen LogP contribution < -0.4 is 4.74 Å². The Morgan fingerprint density at radius 1 is 0.808 bits per heavy atom. The highest BCUT2D eigenvalue weighted by Crippen LogP contribution is 2.24. The first-order valence-corrected chi connectivity index (χ1v) is 9.93. The second kappa shape index (κ2) is 8.02. The quantitative estimate of drug-likeness (QED) is 0.642. The minimum atomic E-state index is -3.43. The summed E-state index contributed by atoms with van der Waals surface area (Å²) >= 11 is 0. The highest BCUT2D eigenvalue weighted by atomic mass is 32.2. The van der Waals surface area contributed by atoms with Crippen molar-refractivity contribution in [2.45, 2.75) is 4.90 Å². The summed E-state index contributed by atoms with van der Waals surface area (Å²) in [5, 5.41) is 0. The van der Waals surface area contributed by atoms with Crippen LogP contribution in [0, 0.1) is 0 Å². The molecule has 3 nitrogen and oxygen atoms in total. The monoisotopic (exact) mass is 364 g/mol. The van der Waals surface area contributed by atoms with Crippen molar-refractivity contribution in [3.8, 4) is 5.75 Å². The second-order valence-electron chi connectivity index (χ2n) is 5.81. The maximum absolute atomic E-state index is 12.7. The van der Waals surface area contributed by atoms with Crippen LogP contribution in [-0.2, 0) is 9.84 Å². The van der Waals surface area contributed by atoms with Crippen molar-refractivity contribution in [2.24, 2.45) is 0 Å². The largest absolute Gasteiger partial charge is 0.497 e. The third kappa shape index (κ3) is 4.21. The number of benzene rings is 3. The smallest absolute Gasteiger partial charge is 0.181 e. The van der Waals surface area contributed by atoms with Gasteiger partial charge in [0, 0.05) is 0 Å². The van der Waals surface area contributed by atoms with E-state index in [1.807, 2.05) is 60.7 Å². The van der Waals surface area contributed by atoms with Crippen LogP contribution in [0.3, 0.4) is 0 Å². The molecule has 0 saturated carbocycles. The molecule has 0 radical (unpaired) electrons. The summed E-state index contributed by atoms with van der Waals surface area (Å²) in [5.41, 5.74) is 2.88. The minimum Gasteiger partial charge on any atom is -0.497 e. The van der Waals surface area contributed by atoms with Crippen LogP contribution in [-0.4, -0.2) is 21.3 Å². The van der Waals surface area contributed by atoms with Gasteiger partial charge in [0.05, 0.1) is 17.8 Å². The van der Waals surface area contributed by atoms with Crippen molar-refractivity contribution in [2.75, 3.05) is 12.9 Å². The summed E-state index contributed by atoms with van der Waals surface area (Å²) in [6, 6.07) is 26.1. The normalized spacial score (nSPS) is 11.0. The van der Waals surface area contributed by atoms with Crippen LogP contribution >= 0.6 is 0 Å². The van der Waals surface area contributed by atoms with Gasteiger partial charge in [-0.3, -0.25) is 0 Å². The SMILES string of the molecule is COc1ccc(S(=O)(=O)CC=C(c2ccccc2)c2ccccc2)cc1. The van der Waals surface area contributed by atoms with E-state index in [0.717, 1.165) is 16.7 Å². The number of methoxy groups -OCH3 is 1. The van der Waals surface area contributed by atoms with Gasteiger partial charge in [-0.25, -0.2) is 8.42 Å². The van der Waals surface area contributed by atoms with E-state index in [2.05, 4.69) is 0 Å². The summed E-state index contributed by atoms with van der Waals surface area (Å²) in [5.74, 6) is 0.562. The number of hydrogen-bond acceptors (Lipinski definition) is 3. The van der Waals surface area contributed by atoms with Gasteiger partial charge in [-0.15, -0.1) is 0 Å². The molecule has 0 spiro atoms. The Morgan fingerprint density at radius 2 is 1.31 bits per heavy atom. The van der Waals surface area contributed by atoms with E-state index in [1.165, 1.54) is 0 Å². The molecule has 0 aliphatic carbocycles. The number of rotatable bonds is 6. The average molecular weight is 364 g/mol. The van der Waals surface area contributed by atoms with Crippen molar-refractivity contribution in [1.29, 1.82) is 0 Å². The van der Waals surface area contributed by atoms with Gasteiger partial charge in [0.1, 0.15) is 5.75 Å². The van der Waals surface area contributed by atoms with Crippen molar-refractivity contribution >= 4 is 15.4 Å².